The van der Waals surface area contributed by atoms with E-state index in [1.54, 1.807) is 6.08 Å². The van der Waals surface area contributed by atoms with Crippen LogP contribution in [0.25, 0.3) is 6.08 Å². The maximum Gasteiger partial charge on any atom is 0.238 e. The minimum Gasteiger partial charge on any atom is -0.345 e. The molecule has 0 saturated heterocycles. The van der Waals surface area contributed by atoms with Crippen molar-refractivity contribution in [2.75, 3.05) is 13.1 Å². The van der Waals surface area contributed by atoms with E-state index < -0.39 is 10.0 Å². The lowest BCUT2D eigenvalue weighted by Crippen LogP contribution is -2.48. The molecule has 1 aliphatic rings. The number of hydrogen-bond donors (Lipinski definition) is 0. The van der Waals surface area contributed by atoms with E-state index in [4.69, 9.17) is 0 Å². The molecule has 0 aliphatic heterocycles. The Bertz CT molecular complexity index is 1310. The predicted molar refractivity (Wildman–Crippen MR) is 158 cm³/mol. The first-order chi connectivity index (χ1) is 18.8. The minimum absolute atomic E-state index is 0.0870. The van der Waals surface area contributed by atoms with Crippen molar-refractivity contribution in [2.24, 2.45) is 5.92 Å². The summed E-state index contributed by atoms with van der Waals surface area (Å²) in [7, 11) is -3.79. The number of hydrogen-bond acceptors (Lipinski definition) is 3. The molecular formula is C32H41N3O3S. The first kappa shape index (κ1) is 28.8. The van der Waals surface area contributed by atoms with Gasteiger partial charge in [-0.1, -0.05) is 93.8 Å². The molecule has 0 radical (unpaired) electrons. The van der Waals surface area contributed by atoms with Crippen LogP contribution >= 0.6 is 0 Å². The summed E-state index contributed by atoms with van der Waals surface area (Å²) in [6.45, 7) is 5.28. The lowest BCUT2D eigenvalue weighted by atomic mass is 9.94. The summed E-state index contributed by atoms with van der Waals surface area (Å²) in [4.78, 5) is 15.9. The van der Waals surface area contributed by atoms with Crippen LogP contribution in [0.2, 0.25) is 0 Å². The van der Waals surface area contributed by atoms with E-state index in [1.165, 1.54) is 21.7 Å². The molecule has 7 heteroatoms. The number of carbonyl (C=O) groups excluding carboxylic acids is 1. The number of rotatable bonds is 12. The van der Waals surface area contributed by atoms with E-state index in [-0.39, 0.29) is 31.0 Å². The molecule has 39 heavy (non-hydrogen) atoms. The van der Waals surface area contributed by atoms with Gasteiger partial charge in [0.15, 0.2) is 0 Å². The zero-order chi connectivity index (χ0) is 27.7. The van der Waals surface area contributed by atoms with E-state index >= 15 is 0 Å². The largest absolute Gasteiger partial charge is 0.345 e. The first-order valence-corrected chi connectivity index (χ1v) is 15.5. The van der Waals surface area contributed by atoms with Gasteiger partial charge in [-0.25, -0.2) is 8.42 Å². The third-order valence-electron chi connectivity index (χ3n) is 7.26. The summed E-state index contributed by atoms with van der Waals surface area (Å²) in [5, 5.41) is 1.23. The Balaban J connectivity index is 1.55. The molecule has 1 aliphatic carbocycles. The molecule has 0 bridgehead atoms. The molecule has 1 saturated carbocycles. The Morgan fingerprint density at radius 1 is 0.949 bits per heavy atom. The smallest absolute Gasteiger partial charge is 0.238 e. The highest BCUT2D eigenvalue weighted by Crippen LogP contribution is 2.25. The Labute approximate surface area is 234 Å². The lowest BCUT2D eigenvalue weighted by Gasteiger charge is -2.36. The van der Waals surface area contributed by atoms with E-state index in [9.17, 15) is 13.2 Å². The highest BCUT2D eigenvalue weighted by molar-refractivity contribution is 7.92. The fourth-order valence-corrected chi connectivity index (χ4v) is 6.54. The van der Waals surface area contributed by atoms with Gasteiger partial charge in [-0.3, -0.25) is 4.79 Å². The van der Waals surface area contributed by atoms with Crippen LogP contribution in [0.5, 0.6) is 0 Å². The average Bonchev–Trinajstić information content (AvgIpc) is 3.38. The van der Waals surface area contributed by atoms with Crippen LogP contribution in [0.4, 0.5) is 0 Å². The van der Waals surface area contributed by atoms with Gasteiger partial charge in [0.2, 0.25) is 15.9 Å². The molecule has 1 fully saturated rings. The highest BCUT2D eigenvalue weighted by atomic mass is 32.2. The zero-order valence-electron chi connectivity index (χ0n) is 23.2. The summed E-state index contributed by atoms with van der Waals surface area (Å²) in [6.07, 6.45) is 8.92. The molecule has 1 aromatic heterocycles. The second kappa shape index (κ2) is 13.8. The van der Waals surface area contributed by atoms with E-state index in [2.05, 4.69) is 29.0 Å². The summed E-state index contributed by atoms with van der Waals surface area (Å²) in [6, 6.07) is 23.8. The van der Waals surface area contributed by atoms with Crippen LogP contribution in [0.15, 0.2) is 84.4 Å². The van der Waals surface area contributed by atoms with Gasteiger partial charge in [0.1, 0.15) is 0 Å². The van der Waals surface area contributed by atoms with E-state index in [1.807, 2.05) is 73.3 Å². The molecule has 0 spiro atoms. The summed E-state index contributed by atoms with van der Waals surface area (Å²) >= 11 is 0. The van der Waals surface area contributed by atoms with Gasteiger partial charge in [-0.2, -0.15) is 4.31 Å². The Kier molecular flexibility index (Phi) is 10.2. The van der Waals surface area contributed by atoms with Gasteiger partial charge in [0.25, 0.3) is 0 Å². The van der Waals surface area contributed by atoms with Crippen molar-refractivity contribution in [1.82, 2.24) is 13.8 Å². The molecule has 1 amide bonds. The number of benzene rings is 2. The molecule has 6 nitrogen and oxygen atoms in total. The third kappa shape index (κ3) is 8.41. The number of sulfonamides is 1. The van der Waals surface area contributed by atoms with Gasteiger partial charge < -0.3 is 9.47 Å². The van der Waals surface area contributed by atoms with Gasteiger partial charge in [-0.05, 0) is 48.1 Å². The highest BCUT2D eigenvalue weighted by Gasteiger charge is 2.30. The van der Waals surface area contributed by atoms with Gasteiger partial charge in [0, 0.05) is 36.4 Å². The molecule has 0 N–H and O–H groups in total. The van der Waals surface area contributed by atoms with Crippen molar-refractivity contribution in [1.29, 1.82) is 0 Å². The van der Waals surface area contributed by atoms with Crippen molar-refractivity contribution < 1.29 is 13.2 Å². The van der Waals surface area contributed by atoms with E-state index in [0.717, 1.165) is 43.5 Å². The van der Waals surface area contributed by atoms with Crippen molar-refractivity contribution >= 4 is 22.0 Å². The van der Waals surface area contributed by atoms with Crippen LogP contribution < -0.4 is 0 Å². The predicted octanol–water partition coefficient (Wildman–Crippen LogP) is 6.16. The quantitative estimate of drug-likeness (QED) is 0.273. The van der Waals surface area contributed by atoms with Gasteiger partial charge in [0.05, 0.1) is 13.1 Å². The Morgan fingerprint density at radius 2 is 1.62 bits per heavy atom. The average molecular weight is 548 g/mol. The van der Waals surface area contributed by atoms with Crippen molar-refractivity contribution in [2.45, 2.75) is 65.1 Å². The number of aromatic nitrogens is 1. The third-order valence-corrected chi connectivity index (χ3v) is 8.74. The molecule has 0 unspecified atom stereocenters. The Hall–Kier alpha value is -3.16. The Morgan fingerprint density at radius 3 is 2.28 bits per heavy atom. The summed E-state index contributed by atoms with van der Waals surface area (Å²) in [5.41, 5.74) is 3.06. The maximum absolute atomic E-state index is 13.9. The van der Waals surface area contributed by atoms with Crippen LogP contribution in [0.3, 0.4) is 0 Å². The monoisotopic (exact) mass is 547 g/mol. The lowest BCUT2D eigenvalue weighted by molar-refractivity contribution is -0.135. The van der Waals surface area contributed by atoms with Crippen LogP contribution in [-0.2, 0) is 27.9 Å². The molecular weight excluding hydrogens is 506 g/mol. The molecule has 1 heterocycles. The second-order valence-electron chi connectivity index (χ2n) is 10.9. The normalized spacial score (nSPS) is 14.9. The van der Waals surface area contributed by atoms with Crippen molar-refractivity contribution in [3.05, 3.63) is 101 Å². The fraction of sp³-hybridized carbons (Fsp3) is 0.406. The molecule has 3 aromatic rings. The molecule has 208 valence electrons. The van der Waals surface area contributed by atoms with Crippen LogP contribution in [-0.4, -0.2) is 47.2 Å². The topological polar surface area (TPSA) is 62.6 Å². The molecule has 2 aromatic carbocycles. The van der Waals surface area contributed by atoms with Crippen molar-refractivity contribution in [3.8, 4) is 0 Å². The SMILES string of the molecule is CC(C)CN(CC(=O)N(Cc1cccn1Cc1ccccc1)C1CCCCC1)S(=O)(=O)/C=C/c1ccccc1. The fourth-order valence-electron chi connectivity index (χ4n) is 5.24. The number of nitrogens with zero attached hydrogens (tertiary/aromatic N) is 3. The number of carbonyl (C=O) groups is 1. The second-order valence-corrected chi connectivity index (χ2v) is 12.7. The first-order valence-electron chi connectivity index (χ1n) is 14.0. The minimum atomic E-state index is -3.79. The van der Waals surface area contributed by atoms with Crippen molar-refractivity contribution in [3.63, 3.8) is 0 Å². The van der Waals surface area contributed by atoms with Crippen LogP contribution in [0, 0.1) is 5.92 Å². The van der Waals surface area contributed by atoms with Gasteiger partial charge in [-0.15, -0.1) is 0 Å². The molecule has 4 rings (SSSR count). The number of amides is 1. The summed E-state index contributed by atoms with van der Waals surface area (Å²) < 4.78 is 30.4. The standard InChI is InChI=1S/C32H41N3O3S/c1-27(2)23-34(39(37,38)22-20-28-13-6-3-7-14-28)26-32(36)35(30-17-10-5-11-18-30)25-31-19-12-21-33(31)24-29-15-8-4-9-16-29/h3-4,6-9,12-16,19-22,27,30H,5,10-11,17-18,23-26H2,1-2H3/b22-20+. The van der Waals surface area contributed by atoms with E-state index in [0.29, 0.717) is 6.54 Å². The zero-order valence-corrected chi connectivity index (χ0v) is 24.0. The summed E-state index contributed by atoms with van der Waals surface area (Å²) in [5.74, 6) is -0.0457. The maximum atomic E-state index is 13.9. The van der Waals surface area contributed by atoms with Crippen LogP contribution in [0.1, 0.15) is 62.8 Å². The molecule has 0 atom stereocenters. The van der Waals surface area contributed by atoms with Gasteiger partial charge >= 0.3 is 0 Å².